The van der Waals surface area contributed by atoms with E-state index in [4.69, 9.17) is 9.98 Å². The summed E-state index contributed by atoms with van der Waals surface area (Å²) in [5.41, 5.74) is 5.33. The van der Waals surface area contributed by atoms with E-state index < -0.39 is 0 Å². The smallest absolute Gasteiger partial charge is 0.234 e. The largest absolute Gasteiger partial charge is 0.325 e. The number of para-hydroxylation sites is 2. The van der Waals surface area contributed by atoms with Crippen molar-refractivity contribution in [2.45, 2.75) is 13.3 Å². The van der Waals surface area contributed by atoms with Gasteiger partial charge in [-0.1, -0.05) is 42.0 Å². The minimum Gasteiger partial charge on any atom is -0.325 e. The summed E-state index contributed by atoms with van der Waals surface area (Å²) in [7, 11) is 0. The molecule has 3 aromatic rings. The maximum Gasteiger partial charge on any atom is 0.234 e. The number of carbonyl (C=O) groups is 1. The van der Waals surface area contributed by atoms with Gasteiger partial charge in [0, 0.05) is 12.1 Å². The molecule has 0 saturated heterocycles. The molecule has 0 atom stereocenters. The predicted octanol–water partition coefficient (Wildman–Crippen LogP) is 6.06. The van der Waals surface area contributed by atoms with E-state index in [0.29, 0.717) is 12.1 Å². The van der Waals surface area contributed by atoms with E-state index in [1.807, 2.05) is 24.3 Å². The van der Waals surface area contributed by atoms with Crippen molar-refractivity contribution in [3.63, 3.8) is 0 Å². The summed E-state index contributed by atoms with van der Waals surface area (Å²) in [4.78, 5) is 22.0. The first-order chi connectivity index (χ1) is 14.6. The zero-order valence-corrected chi connectivity index (χ0v) is 17.2. The summed E-state index contributed by atoms with van der Waals surface area (Å²) in [5.74, 6) is -0.294. The lowest BCUT2D eigenvalue weighted by molar-refractivity contribution is -0.113. The molecule has 4 nitrogen and oxygen atoms in total. The molecule has 3 aromatic carbocycles. The fraction of sp³-hybridized carbons (Fsp3) is 0.125. The van der Waals surface area contributed by atoms with Gasteiger partial charge in [-0.25, -0.2) is 9.38 Å². The molecule has 0 bridgehead atoms. The fourth-order valence-corrected chi connectivity index (χ4v) is 3.80. The molecule has 4 rings (SSSR count). The molecule has 0 aliphatic carbocycles. The van der Waals surface area contributed by atoms with Gasteiger partial charge in [0.1, 0.15) is 5.82 Å². The van der Waals surface area contributed by atoms with Crippen LogP contribution in [0.15, 0.2) is 82.8 Å². The zero-order valence-electron chi connectivity index (χ0n) is 16.4. The summed E-state index contributed by atoms with van der Waals surface area (Å²) < 4.78 is 13.0. The van der Waals surface area contributed by atoms with E-state index >= 15 is 0 Å². The van der Waals surface area contributed by atoms with Gasteiger partial charge in [0.05, 0.1) is 27.9 Å². The van der Waals surface area contributed by atoms with Crippen molar-refractivity contribution in [2.75, 3.05) is 11.1 Å². The van der Waals surface area contributed by atoms with Crippen molar-refractivity contribution in [3.05, 3.63) is 89.7 Å². The standard InChI is InChI=1S/C24H20FN3OS/c1-16-6-8-17(9-7-16)22-14-24(28-21-5-3-2-4-20(21)27-22)30-15-23(29)26-19-12-10-18(25)11-13-19/h2-13H,14-15H2,1H3,(H,26,29). The zero-order chi connectivity index (χ0) is 20.9. The van der Waals surface area contributed by atoms with Crippen LogP contribution in [-0.4, -0.2) is 22.4 Å². The van der Waals surface area contributed by atoms with Gasteiger partial charge < -0.3 is 5.32 Å². The Morgan fingerprint density at radius 1 is 0.967 bits per heavy atom. The van der Waals surface area contributed by atoms with E-state index in [1.54, 1.807) is 12.1 Å². The van der Waals surface area contributed by atoms with E-state index in [2.05, 4.69) is 36.5 Å². The fourth-order valence-electron chi connectivity index (χ4n) is 3.03. The van der Waals surface area contributed by atoms with Crippen LogP contribution >= 0.6 is 11.8 Å². The second-order valence-corrected chi connectivity index (χ2v) is 7.99. The highest BCUT2D eigenvalue weighted by Gasteiger charge is 2.16. The Hall–Kier alpha value is -3.25. The summed E-state index contributed by atoms with van der Waals surface area (Å²) in [6, 6.07) is 21.7. The number of rotatable bonds is 4. The number of benzene rings is 3. The third kappa shape index (κ3) is 5.02. The number of anilines is 1. The second kappa shape index (κ2) is 9.05. The summed E-state index contributed by atoms with van der Waals surface area (Å²) >= 11 is 1.39. The monoisotopic (exact) mass is 417 g/mol. The lowest BCUT2D eigenvalue weighted by atomic mass is 10.1. The highest BCUT2D eigenvalue weighted by Crippen LogP contribution is 2.33. The number of aliphatic imine (C=N–C) groups is 2. The number of aryl methyl sites for hydroxylation is 1. The number of carbonyl (C=O) groups excluding carboxylic acids is 1. The normalized spacial score (nSPS) is 13.0. The molecule has 1 aliphatic heterocycles. The Kier molecular flexibility index (Phi) is 6.05. The Morgan fingerprint density at radius 3 is 2.33 bits per heavy atom. The average Bonchev–Trinajstić information content (AvgIpc) is 2.94. The molecule has 1 aliphatic rings. The van der Waals surface area contributed by atoms with Crippen LogP contribution in [0, 0.1) is 12.7 Å². The first-order valence-electron chi connectivity index (χ1n) is 9.56. The first-order valence-corrected chi connectivity index (χ1v) is 10.5. The van der Waals surface area contributed by atoms with Gasteiger partial charge in [-0.3, -0.25) is 9.79 Å². The Morgan fingerprint density at radius 2 is 1.63 bits per heavy atom. The van der Waals surface area contributed by atoms with Crippen molar-refractivity contribution >= 4 is 45.5 Å². The van der Waals surface area contributed by atoms with Crippen LogP contribution in [0.3, 0.4) is 0 Å². The van der Waals surface area contributed by atoms with Gasteiger partial charge in [-0.15, -0.1) is 11.8 Å². The van der Waals surface area contributed by atoms with Crippen molar-refractivity contribution in [3.8, 4) is 0 Å². The van der Waals surface area contributed by atoms with Crippen LogP contribution in [0.2, 0.25) is 0 Å². The van der Waals surface area contributed by atoms with E-state index in [-0.39, 0.29) is 17.5 Å². The van der Waals surface area contributed by atoms with Gasteiger partial charge in [-0.05, 0) is 48.9 Å². The number of fused-ring (bicyclic) bond motifs is 1. The number of hydrogen-bond acceptors (Lipinski definition) is 4. The van der Waals surface area contributed by atoms with Gasteiger partial charge >= 0.3 is 0 Å². The molecule has 150 valence electrons. The van der Waals surface area contributed by atoms with E-state index in [1.165, 1.54) is 29.5 Å². The second-order valence-electron chi connectivity index (χ2n) is 6.94. The predicted molar refractivity (Wildman–Crippen MR) is 123 cm³/mol. The topological polar surface area (TPSA) is 53.8 Å². The van der Waals surface area contributed by atoms with Crippen LogP contribution in [0.1, 0.15) is 17.5 Å². The van der Waals surface area contributed by atoms with Crippen LogP contribution < -0.4 is 5.32 Å². The number of nitrogens with zero attached hydrogens (tertiary/aromatic N) is 2. The van der Waals surface area contributed by atoms with Crippen LogP contribution in [0.25, 0.3) is 0 Å². The number of thioether (sulfide) groups is 1. The molecule has 1 N–H and O–H groups in total. The molecule has 0 radical (unpaired) electrons. The summed E-state index contributed by atoms with van der Waals surface area (Å²) in [6.45, 7) is 2.05. The quantitative estimate of drug-likeness (QED) is 0.561. The van der Waals surface area contributed by atoms with Crippen LogP contribution in [0.4, 0.5) is 21.5 Å². The minimum absolute atomic E-state index is 0.166. The molecular weight excluding hydrogens is 397 g/mol. The van der Waals surface area contributed by atoms with Crippen molar-refractivity contribution < 1.29 is 9.18 Å². The van der Waals surface area contributed by atoms with Crippen molar-refractivity contribution in [1.82, 2.24) is 0 Å². The number of nitrogens with one attached hydrogen (secondary N) is 1. The van der Waals surface area contributed by atoms with Gasteiger partial charge in [-0.2, -0.15) is 0 Å². The number of amides is 1. The first kappa shape index (κ1) is 20.0. The minimum atomic E-state index is -0.336. The molecule has 1 amide bonds. The van der Waals surface area contributed by atoms with Gasteiger partial charge in [0.2, 0.25) is 5.91 Å². The SMILES string of the molecule is Cc1ccc(C2=Nc3ccccc3N=C(SCC(=O)Nc3ccc(F)cc3)C2)cc1. The van der Waals surface area contributed by atoms with E-state index in [9.17, 15) is 9.18 Å². The molecule has 0 unspecified atom stereocenters. The van der Waals surface area contributed by atoms with Crippen LogP contribution in [-0.2, 0) is 4.79 Å². The summed E-state index contributed by atoms with van der Waals surface area (Å²) in [5, 5.41) is 3.61. The van der Waals surface area contributed by atoms with Crippen molar-refractivity contribution in [1.29, 1.82) is 0 Å². The Balaban J connectivity index is 1.51. The molecular formula is C24H20FN3OS. The molecule has 30 heavy (non-hydrogen) atoms. The molecule has 1 heterocycles. The maximum atomic E-state index is 13.0. The molecule has 0 fully saturated rings. The van der Waals surface area contributed by atoms with Gasteiger partial charge in [0.15, 0.2) is 0 Å². The lowest BCUT2D eigenvalue weighted by Gasteiger charge is -2.08. The third-order valence-corrected chi connectivity index (χ3v) is 5.56. The molecule has 0 saturated carbocycles. The van der Waals surface area contributed by atoms with Crippen molar-refractivity contribution in [2.24, 2.45) is 9.98 Å². The number of halogens is 1. The molecule has 0 aromatic heterocycles. The summed E-state index contributed by atoms with van der Waals surface area (Å²) in [6.07, 6.45) is 0.548. The third-order valence-electron chi connectivity index (χ3n) is 4.58. The molecule has 6 heteroatoms. The lowest BCUT2D eigenvalue weighted by Crippen LogP contribution is -2.16. The average molecular weight is 418 g/mol. The van der Waals surface area contributed by atoms with E-state index in [0.717, 1.165) is 27.7 Å². The molecule has 0 spiro atoms. The Bertz CT molecular complexity index is 1120. The van der Waals surface area contributed by atoms with Crippen LogP contribution in [0.5, 0.6) is 0 Å². The Labute approximate surface area is 179 Å². The highest BCUT2D eigenvalue weighted by atomic mass is 32.2. The van der Waals surface area contributed by atoms with Gasteiger partial charge in [0.25, 0.3) is 0 Å². The highest BCUT2D eigenvalue weighted by molar-refractivity contribution is 8.14. The number of hydrogen-bond donors (Lipinski definition) is 1. The maximum absolute atomic E-state index is 13.0.